The van der Waals surface area contributed by atoms with Crippen molar-refractivity contribution in [2.45, 2.75) is 76.3 Å². The molecule has 0 amide bonds. The van der Waals surface area contributed by atoms with Gasteiger partial charge in [0.05, 0.1) is 17.1 Å². The molecule has 4 heteroatoms. The molecule has 206 valence electrons. The van der Waals surface area contributed by atoms with Gasteiger partial charge in [0.25, 0.3) is 0 Å². The second kappa shape index (κ2) is 12.6. The third-order valence-electron chi connectivity index (χ3n) is 8.87. The number of hydrazone groups is 1. The van der Waals surface area contributed by atoms with Gasteiger partial charge in [-0.05, 0) is 37.8 Å². The molecule has 2 aliphatic carbocycles. The average Bonchev–Trinajstić information content (AvgIpc) is 3.43. The number of benzene rings is 3. The standard InChI is InChI=1S/C36H42N4/c1-39(31-23-13-5-14-24-31)36-33(34(28-17-7-2-8-18-28)38-37-30-21-11-4-12-22-30)27-40(32-25-15-6-16-26-32)35(36)29-19-9-3-10-20-29/h2-4,7-12,17-22,27,31-32,37H,5-6,13-16,23-26H2,1H3/b38-34+. The zero-order valence-corrected chi connectivity index (χ0v) is 23.8. The van der Waals surface area contributed by atoms with Crippen molar-refractivity contribution in [3.05, 3.63) is 108 Å². The van der Waals surface area contributed by atoms with Crippen LogP contribution in [-0.4, -0.2) is 23.4 Å². The first-order chi connectivity index (χ1) is 19.8. The molecule has 6 rings (SSSR count). The summed E-state index contributed by atoms with van der Waals surface area (Å²) in [6, 6.07) is 33.1. The highest BCUT2D eigenvalue weighted by atomic mass is 15.3. The summed E-state index contributed by atoms with van der Waals surface area (Å²) in [5, 5.41) is 5.14. The van der Waals surface area contributed by atoms with Crippen molar-refractivity contribution in [1.29, 1.82) is 0 Å². The number of para-hydroxylation sites is 1. The number of hydrogen-bond acceptors (Lipinski definition) is 3. The van der Waals surface area contributed by atoms with Crippen molar-refractivity contribution in [2.75, 3.05) is 17.4 Å². The molecule has 0 atom stereocenters. The first-order valence-corrected chi connectivity index (χ1v) is 15.3. The Morgan fingerprint density at radius 1 is 0.725 bits per heavy atom. The molecule has 0 radical (unpaired) electrons. The normalized spacial score (nSPS) is 17.1. The summed E-state index contributed by atoms with van der Waals surface area (Å²) in [4.78, 5) is 2.61. The summed E-state index contributed by atoms with van der Waals surface area (Å²) >= 11 is 0. The van der Waals surface area contributed by atoms with E-state index in [1.54, 1.807) is 0 Å². The van der Waals surface area contributed by atoms with Crippen LogP contribution in [0, 0.1) is 0 Å². The van der Waals surface area contributed by atoms with E-state index in [2.05, 4.69) is 113 Å². The van der Waals surface area contributed by atoms with Gasteiger partial charge in [0, 0.05) is 42.0 Å². The molecular formula is C36H42N4. The van der Waals surface area contributed by atoms with Crippen LogP contribution in [0.4, 0.5) is 11.4 Å². The van der Waals surface area contributed by atoms with Crippen LogP contribution in [0.3, 0.4) is 0 Å². The van der Waals surface area contributed by atoms with Crippen LogP contribution >= 0.6 is 0 Å². The van der Waals surface area contributed by atoms with Crippen molar-refractivity contribution >= 4 is 17.1 Å². The summed E-state index contributed by atoms with van der Waals surface area (Å²) in [5.41, 5.74) is 11.7. The van der Waals surface area contributed by atoms with E-state index in [1.165, 1.54) is 86.7 Å². The molecule has 2 aliphatic rings. The minimum atomic E-state index is 0.510. The Labute approximate surface area is 239 Å². The van der Waals surface area contributed by atoms with E-state index in [-0.39, 0.29) is 0 Å². The minimum Gasteiger partial charge on any atom is -0.369 e. The SMILES string of the molecule is CN(c1c(/C(=N/Nc2ccccc2)c2ccccc2)cn(C2CCCCC2)c1-c1ccccc1)C1CCCCC1. The van der Waals surface area contributed by atoms with Crippen LogP contribution in [0.2, 0.25) is 0 Å². The molecule has 40 heavy (non-hydrogen) atoms. The summed E-state index contributed by atoms with van der Waals surface area (Å²) in [6.07, 6.45) is 15.3. The van der Waals surface area contributed by atoms with Gasteiger partial charge < -0.3 is 9.47 Å². The molecule has 0 saturated heterocycles. The van der Waals surface area contributed by atoms with E-state index in [1.807, 2.05) is 6.07 Å². The fourth-order valence-corrected chi connectivity index (χ4v) is 6.73. The molecule has 2 saturated carbocycles. The topological polar surface area (TPSA) is 32.6 Å². The van der Waals surface area contributed by atoms with Crippen molar-refractivity contribution in [3.8, 4) is 11.3 Å². The molecule has 2 fully saturated rings. The number of rotatable bonds is 8. The number of nitrogens with zero attached hydrogens (tertiary/aromatic N) is 3. The van der Waals surface area contributed by atoms with Crippen LogP contribution in [0.5, 0.6) is 0 Å². The molecule has 1 N–H and O–H groups in total. The lowest BCUT2D eigenvalue weighted by atomic mass is 9.92. The Bertz CT molecular complexity index is 1380. The fraction of sp³-hybridized carbons (Fsp3) is 0.361. The zero-order chi connectivity index (χ0) is 27.1. The van der Waals surface area contributed by atoms with Crippen LogP contribution in [0.1, 0.15) is 81.4 Å². The van der Waals surface area contributed by atoms with Gasteiger partial charge in [0.15, 0.2) is 0 Å². The predicted molar refractivity (Wildman–Crippen MR) is 169 cm³/mol. The van der Waals surface area contributed by atoms with E-state index in [0.717, 1.165) is 17.0 Å². The maximum absolute atomic E-state index is 5.14. The molecule has 4 nitrogen and oxygen atoms in total. The molecule has 4 aromatic rings. The summed E-state index contributed by atoms with van der Waals surface area (Å²) in [6.45, 7) is 0. The lowest BCUT2D eigenvalue weighted by molar-refractivity contribution is 0.356. The Balaban J connectivity index is 1.57. The van der Waals surface area contributed by atoms with Crippen molar-refractivity contribution < 1.29 is 0 Å². The fourth-order valence-electron chi connectivity index (χ4n) is 6.73. The highest BCUT2D eigenvalue weighted by Crippen LogP contribution is 2.43. The number of aromatic nitrogens is 1. The molecule has 3 aromatic carbocycles. The van der Waals surface area contributed by atoms with E-state index < -0.39 is 0 Å². The van der Waals surface area contributed by atoms with Gasteiger partial charge in [-0.2, -0.15) is 5.10 Å². The molecule has 1 heterocycles. The van der Waals surface area contributed by atoms with Crippen molar-refractivity contribution in [2.24, 2.45) is 5.10 Å². The Morgan fingerprint density at radius 2 is 1.30 bits per heavy atom. The van der Waals surface area contributed by atoms with Gasteiger partial charge in [-0.15, -0.1) is 0 Å². The number of hydrogen-bond donors (Lipinski definition) is 1. The largest absolute Gasteiger partial charge is 0.369 e. The first kappa shape index (κ1) is 26.4. The van der Waals surface area contributed by atoms with Gasteiger partial charge in [0.2, 0.25) is 0 Å². The van der Waals surface area contributed by atoms with Crippen molar-refractivity contribution in [3.63, 3.8) is 0 Å². The lowest BCUT2D eigenvalue weighted by Crippen LogP contribution is -2.34. The third-order valence-corrected chi connectivity index (χ3v) is 8.87. The van der Waals surface area contributed by atoms with Crippen LogP contribution in [0.15, 0.2) is 102 Å². The second-order valence-corrected chi connectivity index (χ2v) is 11.5. The lowest BCUT2D eigenvalue weighted by Gasteiger charge is -2.35. The summed E-state index contributed by atoms with van der Waals surface area (Å²) < 4.78 is 2.62. The van der Waals surface area contributed by atoms with E-state index >= 15 is 0 Å². The van der Waals surface area contributed by atoms with Crippen LogP contribution in [0.25, 0.3) is 11.3 Å². The van der Waals surface area contributed by atoms with Crippen molar-refractivity contribution in [1.82, 2.24) is 4.57 Å². The highest BCUT2D eigenvalue weighted by Gasteiger charge is 2.31. The Hall–Kier alpha value is -3.79. The zero-order valence-electron chi connectivity index (χ0n) is 23.8. The third kappa shape index (κ3) is 5.72. The van der Waals surface area contributed by atoms with Crippen LogP contribution < -0.4 is 10.3 Å². The first-order valence-electron chi connectivity index (χ1n) is 15.3. The molecule has 0 unspecified atom stereocenters. The van der Waals surface area contributed by atoms with Gasteiger partial charge in [0.1, 0.15) is 5.71 Å². The van der Waals surface area contributed by atoms with E-state index in [0.29, 0.717) is 12.1 Å². The van der Waals surface area contributed by atoms with Crippen LogP contribution in [-0.2, 0) is 0 Å². The van der Waals surface area contributed by atoms with E-state index in [4.69, 9.17) is 5.10 Å². The average molecular weight is 531 g/mol. The quantitative estimate of drug-likeness (QED) is 0.182. The Kier molecular flexibility index (Phi) is 8.32. The monoisotopic (exact) mass is 530 g/mol. The predicted octanol–water partition coefficient (Wildman–Crippen LogP) is 9.29. The molecule has 0 aliphatic heterocycles. The molecule has 1 aromatic heterocycles. The smallest absolute Gasteiger partial charge is 0.101 e. The maximum Gasteiger partial charge on any atom is 0.101 e. The van der Waals surface area contributed by atoms with Gasteiger partial charge in [-0.3, -0.25) is 5.43 Å². The van der Waals surface area contributed by atoms with Gasteiger partial charge >= 0.3 is 0 Å². The van der Waals surface area contributed by atoms with E-state index in [9.17, 15) is 0 Å². The maximum atomic E-state index is 5.14. The number of anilines is 2. The molecule has 0 bridgehead atoms. The Morgan fingerprint density at radius 3 is 1.95 bits per heavy atom. The second-order valence-electron chi connectivity index (χ2n) is 11.5. The minimum absolute atomic E-state index is 0.510. The number of nitrogens with one attached hydrogen (secondary N) is 1. The summed E-state index contributed by atoms with van der Waals surface area (Å²) in [5.74, 6) is 0. The molecule has 0 spiro atoms. The van der Waals surface area contributed by atoms with Gasteiger partial charge in [-0.25, -0.2) is 0 Å². The molecular weight excluding hydrogens is 488 g/mol. The summed E-state index contributed by atoms with van der Waals surface area (Å²) in [7, 11) is 2.33. The van der Waals surface area contributed by atoms with Gasteiger partial charge in [-0.1, -0.05) is 117 Å². The highest BCUT2D eigenvalue weighted by molar-refractivity contribution is 6.17.